The number of hydrogen-bond acceptors (Lipinski definition) is 2. The lowest BCUT2D eigenvalue weighted by atomic mass is 10.2. The van der Waals surface area contributed by atoms with Crippen molar-refractivity contribution >= 4 is 23.5 Å². The summed E-state index contributed by atoms with van der Waals surface area (Å²) in [4.78, 5) is 0. The van der Waals surface area contributed by atoms with Crippen LogP contribution in [0.3, 0.4) is 0 Å². The van der Waals surface area contributed by atoms with Crippen molar-refractivity contribution in [3.63, 3.8) is 0 Å². The summed E-state index contributed by atoms with van der Waals surface area (Å²) in [6.45, 7) is 4.19. The number of hydrogen-bond donors (Lipinski definition) is 0. The van der Waals surface area contributed by atoms with Crippen LogP contribution in [0.5, 0.6) is 0 Å². The molecular weight excluding hydrogens is 196 g/mol. The fourth-order valence-electron chi connectivity index (χ4n) is 0.833. The molecule has 0 spiro atoms. The Hall–Kier alpha value is -0.340. The second kappa shape index (κ2) is 6.17. The highest BCUT2D eigenvalue weighted by molar-refractivity contribution is 8.21. The Bertz CT molecular complexity index is 235. The smallest absolute Gasteiger partial charge is 0.0475 e. The highest BCUT2D eigenvalue weighted by Gasteiger charge is 1.85. The van der Waals surface area contributed by atoms with Crippen LogP contribution in [0.15, 0.2) is 35.1 Å². The molecule has 13 heavy (non-hydrogen) atoms. The molecule has 2 rings (SSSR count). The quantitative estimate of drug-likeness (QED) is 0.629. The molecule has 0 N–H and O–H groups in total. The van der Waals surface area contributed by atoms with Crippen LogP contribution in [0.2, 0.25) is 0 Å². The zero-order valence-electron chi connectivity index (χ0n) is 7.99. The molecular formula is C11H14S2. The van der Waals surface area contributed by atoms with Crippen molar-refractivity contribution in [3.05, 3.63) is 46.2 Å². The van der Waals surface area contributed by atoms with Gasteiger partial charge >= 0.3 is 0 Å². The monoisotopic (exact) mass is 210 g/mol. The van der Waals surface area contributed by atoms with E-state index in [4.69, 9.17) is 0 Å². The van der Waals surface area contributed by atoms with E-state index in [1.54, 1.807) is 0 Å². The molecule has 0 saturated heterocycles. The van der Waals surface area contributed by atoms with E-state index in [9.17, 15) is 0 Å². The summed E-state index contributed by atoms with van der Waals surface area (Å²) in [5.41, 5.74) is 2.66. The lowest BCUT2D eigenvalue weighted by Crippen LogP contribution is -1.70. The van der Waals surface area contributed by atoms with Crippen LogP contribution in [-0.4, -0.2) is 5.08 Å². The van der Waals surface area contributed by atoms with Gasteiger partial charge in [0.2, 0.25) is 0 Å². The third kappa shape index (κ3) is 5.06. The molecule has 1 heterocycles. The molecule has 1 aromatic rings. The molecule has 0 nitrogen and oxygen atoms in total. The Balaban J connectivity index is 0.000000145. The summed E-state index contributed by atoms with van der Waals surface area (Å²) in [5.74, 6) is 0. The van der Waals surface area contributed by atoms with E-state index in [0.717, 1.165) is 0 Å². The van der Waals surface area contributed by atoms with Gasteiger partial charge in [0.1, 0.15) is 0 Å². The van der Waals surface area contributed by atoms with Gasteiger partial charge in [0.05, 0.1) is 0 Å². The van der Waals surface area contributed by atoms with Gasteiger partial charge in [0, 0.05) is 5.08 Å². The zero-order chi connectivity index (χ0) is 9.52. The molecule has 0 saturated carbocycles. The van der Waals surface area contributed by atoms with Crippen molar-refractivity contribution in [2.45, 2.75) is 13.8 Å². The van der Waals surface area contributed by atoms with Crippen molar-refractivity contribution in [1.82, 2.24) is 0 Å². The van der Waals surface area contributed by atoms with Crippen LogP contribution >= 0.6 is 23.5 Å². The lowest BCUT2D eigenvalue weighted by Gasteiger charge is -1.90. The minimum absolute atomic E-state index is 1.22. The van der Waals surface area contributed by atoms with Crippen molar-refractivity contribution in [1.29, 1.82) is 0 Å². The fourth-order valence-corrected chi connectivity index (χ4v) is 2.40. The topological polar surface area (TPSA) is 0 Å². The highest BCUT2D eigenvalue weighted by Crippen LogP contribution is 2.22. The number of aryl methyl sites for hydroxylation is 2. The standard InChI is InChI=1S/C8H10.C3H4S2/c1-7-3-5-8(2)6-4-7;1-2-5-3-4-1/h3-6H,1-2H3;1-2H,3H2. The van der Waals surface area contributed by atoms with E-state index in [1.807, 2.05) is 23.5 Å². The predicted octanol–water partition coefficient (Wildman–Crippen LogP) is 4.20. The number of rotatable bonds is 0. The molecule has 0 bridgehead atoms. The maximum atomic E-state index is 2.12. The van der Waals surface area contributed by atoms with Crippen molar-refractivity contribution < 1.29 is 0 Å². The molecule has 1 aliphatic rings. The molecule has 70 valence electrons. The van der Waals surface area contributed by atoms with Gasteiger partial charge in [-0.2, -0.15) is 0 Å². The van der Waals surface area contributed by atoms with E-state index in [1.165, 1.54) is 16.2 Å². The molecule has 0 unspecified atom stereocenters. The van der Waals surface area contributed by atoms with E-state index in [-0.39, 0.29) is 0 Å². The zero-order valence-corrected chi connectivity index (χ0v) is 9.62. The van der Waals surface area contributed by atoms with Gasteiger partial charge in [-0.3, -0.25) is 0 Å². The molecule has 1 aromatic carbocycles. The maximum Gasteiger partial charge on any atom is 0.0475 e. The van der Waals surface area contributed by atoms with Crippen LogP contribution in [0, 0.1) is 13.8 Å². The normalized spacial score (nSPS) is 13.7. The first kappa shape index (κ1) is 10.7. The fraction of sp³-hybridized carbons (Fsp3) is 0.273. The molecule has 1 aliphatic heterocycles. The first-order valence-electron chi connectivity index (χ1n) is 4.20. The molecule has 0 aliphatic carbocycles. The van der Waals surface area contributed by atoms with E-state index < -0.39 is 0 Å². The first-order valence-corrected chi connectivity index (χ1v) is 6.30. The molecule has 0 atom stereocenters. The Morgan fingerprint density at radius 3 is 1.46 bits per heavy atom. The van der Waals surface area contributed by atoms with E-state index >= 15 is 0 Å². The molecule has 0 amide bonds. The Morgan fingerprint density at radius 2 is 1.23 bits per heavy atom. The average Bonchev–Trinajstić information content (AvgIpc) is 2.68. The average molecular weight is 210 g/mol. The molecule has 0 aromatic heterocycles. The van der Waals surface area contributed by atoms with Gasteiger partial charge in [-0.05, 0) is 24.7 Å². The van der Waals surface area contributed by atoms with Crippen LogP contribution in [-0.2, 0) is 0 Å². The third-order valence-electron chi connectivity index (χ3n) is 1.60. The largest absolute Gasteiger partial charge is 0.122 e. The summed E-state index contributed by atoms with van der Waals surface area (Å²) in [6, 6.07) is 8.48. The van der Waals surface area contributed by atoms with Gasteiger partial charge < -0.3 is 0 Å². The molecule has 0 fully saturated rings. The van der Waals surface area contributed by atoms with Gasteiger partial charge in [-0.15, -0.1) is 23.5 Å². The summed E-state index contributed by atoms with van der Waals surface area (Å²) in [7, 11) is 0. The van der Waals surface area contributed by atoms with Crippen LogP contribution in [0.4, 0.5) is 0 Å². The summed E-state index contributed by atoms with van der Waals surface area (Å²) in [6.07, 6.45) is 0. The highest BCUT2D eigenvalue weighted by atomic mass is 32.2. The second-order valence-electron chi connectivity index (χ2n) is 2.88. The van der Waals surface area contributed by atoms with Crippen LogP contribution < -0.4 is 0 Å². The lowest BCUT2D eigenvalue weighted by molar-refractivity contribution is 1.40. The SMILES string of the molecule is C1=CSCS1.Cc1ccc(C)cc1. The summed E-state index contributed by atoms with van der Waals surface area (Å²) < 4.78 is 0. The second-order valence-corrected chi connectivity index (χ2v) is 5.03. The minimum atomic E-state index is 1.22. The maximum absolute atomic E-state index is 2.12. The van der Waals surface area contributed by atoms with Crippen LogP contribution in [0.25, 0.3) is 0 Å². The predicted molar refractivity (Wildman–Crippen MR) is 65.1 cm³/mol. The minimum Gasteiger partial charge on any atom is -0.122 e. The summed E-state index contributed by atoms with van der Waals surface area (Å²) in [5, 5.41) is 5.45. The summed E-state index contributed by atoms with van der Waals surface area (Å²) >= 11 is 3.71. The number of thioether (sulfide) groups is 2. The molecule has 0 radical (unpaired) electrons. The van der Waals surface area contributed by atoms with Crippen molar-refractivity contribution in [2.24, 2.45) is 0 Å². The number of benzene rings is 1. The van der Waals surface area contributed by atoms with Gasteiger partial charge in [0.25, 0.3) is 0 Å². The first-order chi connectivity index (χ1) is 6.29. The Kier molecular flexibility index (Phi) is 5.09. The third-order valence-corrected chi connectivity index (χ3v) is 3.52. The Labute approximate surface area is 88.8 Å². The van der Waals surface area contributed by atoms with Gasteiger partial charge in [-0.1, -0.05) is 35.4 Å². The van der Waals surface area contributed by atoms with Gasteiger partial charge in [-0.25, -0.2) is 0 Å². The van der Waals surface area contributed by atoms with Crippen LogP contribution in [0.1, 0.15) is 11.1 Å². The van der Waals surface area contributed by atoms with E-state index in [2.05, 4.69) is 48.9 Å². The van der Waals surface area contributed by atoms with E-state index in [0.29, 0.717) is 0 Å². The Morgan fingerprint density at radius 1 is 0.846 bits per heavy atom. The van der Waals surface area contributed by atoms with Gasteiger partial charge in [0.15, 0.2) is 0 Å². The van der Waals surface area contributed by atoms with Crippen molar-refractivity contribution in [2.75, 3.05) is 5.08 Å². The molecule has 2 heteroatoms. The van der Waals surface area contributed by atoms with Crippen molar-refractivity contribution in [3.8, 4) is 0 Å².